The van der Waals surface area contributed by atoms with E-state index in [0.29, 0.717) is 29.0 Å². The van der Waals surface area contributed by atoms with Crippen LogP contribution in [0.25, 0.3) is 0 Å². The molecule has 22 heavy (non-hydrogen) atoms. The van der Waals surface area contributed by atoms with Gasteiger partial charge >= 0.3 is 0 Å². The lowest BCUT2D eigenvalue weighted by Crippen LogP contribution is -2.42. The Morgan fingerprint density at radius 1 is 1.32 bits per heavy atom. The Balaban J connectivity index is 1.79. The van der Waals surface area contributed by atoms with Gasteiger partial charge in [0.05, 0.1) is 0 Å². The largest absolute Gasteiger partial charge is 0.295 e. The molecule has 1 nitrogen and oxygen atoms in total. The standard InChI is InChI=1S/C21H26O/c1-3-5-14-12-15-13-16(22)7-8-17(15)18-9-11-21(2)10-4-6-19(21)20(14)18/h9,13-14,17,19-20H,4,6-8,10-12H2,1-2H3/t14-,17+,19+,20-,21+/m1/s1. The maximum absolute atomic E-state index is 11.8. The summed E-state index contributed by atoms with van der Waals surface area (Å²) in [5, 5.41) is 0. The fraction of sp³-hybridized carbons (Fsp3) is 0.667. The number of allylic oxidation sites excluding steroid dienone is 4. The van der Waals surface area contributed by atoms with Crippen LogP contribution in [0.5, 0.6) is 0 Å². The van der Waals surface area contributed by atoms with Crippen molar-refractivity contribution >= 4 is 5.78 Å². The molecule has 0 aromatic carbocycles. The molecule has 0 spiro atoms. The van der Waals surface area contributed by atoms with Gasteiger partial charge in [0.1, 0.15) is 0 Å². The van der Waals surface area contributed by atoms with E-state index in [1.807, 2.05) is 13.0 Å². The summed E-state index contributed by atoms with van der Waals surface area (Å²) in [5.74, 6) is 9.50. The molecule has 0 radical (unpaired) electrons. The normalized spacial score (nSPS) is 43.1. The first-order valence-electron chi connectivity index (χ1n) is 8.98. The van der Waals surface area contributed by atoms with Crippen LogP contribution >= 0.6 is 0 Å². The van der Waals surface area contributed by atoms with Gasteiger partial charge in [0.2, 0.25) is 0 Å². The predicted octanol–water partition coefficient (Wildman–Crippen LogP) is 4.69. The minimum Gasteiger partial charge on any atom is -0.295 e. The summed E-state index contributed by atoms with van der Waals surface area (Å²) in [4.78, 5) is 11.8. The first kappa shape index (κ1) is 14.3. The van der Waals surface area contributed by atoms with E-state index >= 15 is 0 Å². The lowest BCUT2D eigenvalue weighted by Gasteiger charge is -2.50. The molecule has 0 saturated heterocycles. The third kappa shape index (κ3) is 2.03. The third-order valence-electron chi connectivity index (χ3n) is 6.88. The Morgan fingerprint density at radius 2 is 2.18 bits per heavy atom. The molecule has 0 unspecified atom stereocenters. The summed E-state index contributed by atoms with van der Waals surface area (Å²) >= 11 is 0. The molecule has 0 heterocycles. The van der Waals surface area contributed by atoms with Crippen molar-refractivity contribution in [2.75, 3.05) is 0 Å². The van der Waals surface area contributed by atoms with Crippen molar-refractivity contribution in [1.82, 2.24) is 0 Å². The van der Waals surface area contributed by atoms with Gasteiger partial charge in [-0.15, -0.1) is 5.92 Å². The molecule has 4 aliphatic carbocycles. The van der Waals surface area contributed by atoms with Crippen molar-refractivity contribution in [2.24, 2.45) is 29.1 Å². The van der Waals surface area contributed by atoms with Crippen LogP contribution in [-0.4, -0.2) is 5.78 Å². The zero-order valence-electron chi connectivity index (χ0n) is 13.8. The van der Waals surface area contributed by atoms with Crippen LogP contribution in [0.1, 0.15) is 58.8 Å². The van der Waals surface area contributed by atoms with Crippen LogP contribution in [0.3, 0.4) is 0 Å². The Morgan fingerprint density at radius 3 is 3.00 bits per heavy atom. The average molecular weight is 294 g/mol. The smallest absolute Gasteiger partial charge is 0.155 e. The molecular weight excluding hydrogens is 268 g/mol. The van der Waals surface area contributed by atoms with Crippen molar-refractivity contribution in [3.05, 3.63) is 23.3 Å². The minimum atomic E-state index is 0.329. The second-order valence-corrected chi connectivity index (χ2v) is 8.07. The highest BCUT2D eigenvalue weighted by atomic mass is 16.1. The monoisotopic (exact) mass is 294 g/mol. The number of rotatable bonds is 0. The molecule has 0 N–H and O–H groups in total. The molecule has 1 heteroatoms. The number of hydrogen-bond donors (Lipinski definition) is 0. The highest BCUT2D eigenvalue weighted by Crippen LogP contribution is 2.60. The molecule has 4 rings (SSSR count). The number of ketones is 1. The van der Waals surface area contributed by atoms with Gasteiger partial charge in [-0.25, -0.2) is 0 Å². The molecule has 4 aliphatic rings. The summed E-state index contributed by atoms with van der Waals surface area (Å²) in [5.41, 5.74) is 3.54. The number of carbonyl (C=O) groups excluding carboxylic acids is 1. The van der Waals surface area contributed by atoms with Gasteiger partial charge in [-0.05, 0) is 62.4 Å². The Labute approximate surface area is 134 Å². The van der Waals surface area contributed by atoms with E-state index in [1.54, 1.807) is 5.57 Å². The molecule has 2 saturated carbocycles. The average Bonchev–Trinajstić information content (AvgIpc) is 2.88. The van der Waals surface area contributed by atoms with Gasteiger partial charge in [0.25, 0.3) is 0 Å². The number of carbonyl (C=O) groups is 1. The topological polar surface area (TPSA) is 17.1 Å². The quantitative estimate of drug-likeness (QED) is 0.468. The molecular formula is C21H26O. The maximum Gasteiger partial charge on any atom is 0.155 e. The lowest BCUT2D eigenvalue weighted by molar-refractivity contribution is -0.115. The SMILES string of the molecule is CC#C[C@@H]1CC2=CC(=O)CC[C@@H]2C2=CC[C@]3(C)CCC[C@H]3[C@@H]21. The van der Waals surface area contributed by atoms with Crippen molar-refractivity contribution < 1.29 is 4.79 Å². The predicted molar refractivity (Wildman–Crippen MR) is 89.0 cm³/mol. The third-order valence-corrected chi connectivity index (χ3v) is 6.88. The maximum atomic E-state index is 11.8. The van der Waals surface area contributed by atoms with E-state index in [4.69, 9.17) is 0 Å². The van der Waals surface area contributed by atoms with E-state index in [0.717, 1.165) is 25.2 Å². The van der Waals surface area contributed by atoms with Crippen LogP contribution in [0, 0.1) is 40.9 Å². The van der Waals surface area contributed by atoms with Crippen LogP contribution in [0.15, 0.2) is 23.3 Å². The van der Waals surface area contributed by atoms with E-state index < -0.39 is 0 Å². The van der Waals surface area contributed by atoms with Crippen molar-refractivity contribution in [3.63, 3.8) is 0 Å². The van der Waals surface area contributed by atoms with E-state index in [1.165, 1.54) is 31.3 Å². The fourth-order valence-corrected chi connectivity index (χ4v) is 5.87. The van der Waals surface area contributed by atoms with Crippen LogP contribution < -0.4 is 0 Å². The zero-order valence-corrected chi connectivity index (χ0v) is 13.8. The summed E-state index contributed by atoms with van der Waals surface area (Å²) < 4.78 is 0. The first-order valence-corrected chi connectivity index (χ1v) is 8.98. The highest BCUT2D eigenvalue weighted by molar-refractivity contribution is 5.91. The van der Waals surface area contributed by atoms with Gasteiger partial charge in [-0.1, -0.05) is 36.5 Å². The molecule has 0 bridgehead atoms. The van der Waals surface area contributed by atoms with Crippen LogP contribution in [-0.2, 0) is 4.79 Å². The van der Waals surface area contributed by atoms with Crippen molar-refractivity contribution in [1.29, 1.82) is 0 Å². The molecule has 0 aromatic rings. The molecule has 0 aliphatic heterocycles. The van der Waals surface area contributed by atoms with E-state index in [-0.39, 0.29) is 0 Å². The van der Waals surface area contributed by atoms with Crippen LogP contribution in [0.2, 0.25) is 0 Å². The first-order chi connectivity index (χ1) is 10.6. The van der Waals surface area contributed by atoms with Gasteiger partial charge in [0.15, 0.2) is 5.78 Å². The summed E-state index contributed by atoms with van der Waals surface area (Å²) in [6.45, 7) is 4.47. The van der Waals surface area contributed by atoms with Gasteiger partial charge in [0, 0.05) is 18.3 Å². The van der Waals surface area contributed by atoms with Crippen molar-refractivity contribution in [2.45, 2.75) is 58.8 Å². The summed E-state index contributed by atoms with van der Waals surface area (Å²) in [6, 6.07) is 0. The molecule has 116 valence electrons. The van der Waals surface area contributed by atoms with Gasteiger partial charge in [-0.3, -0.25) is 4.79 Å². The summed E-state index contributed by atoms with van der Waals surface area (Å²) in [7, 11) is 0. The summed E-state index contributed by atoms with van der Waals surface area (Å²) in [6.07, 6.45) is 12.7. The van der Waals surface area contributed by atoms with Gasteiger partial charge in [-0.2, -0.15) is 0 Å². The molecule has 5 atom stereocenters. The second kappa shape index (κ2) is 5.12. The minimum absolute atomic E-state index is 0.329. The zero-order chi connectivity index (χ0) is 15.3. The number of hydrogen-bond acceptors (Lipinski definition) is 1. The molecule has 0 amide bonds. The number of fused-ring (bicyclic) bond motifs is 5. The Bertz CT molecular complexity index is 626. The van der Waals surface area contributed by atoms with Crippen molar-refractivity contribution in [3.8, 4) is 11.8 Å². The van der Waals surface area contributed by atoms with E-state index in [9.17, 15) is 4.79 Å². The highest BCUT2D eigenvalue weighted by Gasteiger charge is 2.51. The second-order valence-electron chi connectivity index (χ2n) is 8.07. The Kier molecular flexibility index (Phi) is 3.33. The Hall–Kier alpha value is -1.29. The lowest BCUT2D eigenvalue weighted by atomic mass is 9.54. The molecule has 0 aromatic heterocycles. The van der Waals surface area contributed by atoms with Crippen LogP contribution in [0.4, 0.5) is 0 Å². The fourth-order valence-electron chi connectivity index (χ4n) is 5.87. The van der Waals surface area contributed by atoms with Gasteiger partial charge < -0.3 is 0 Å². The molecule has 2 fully saturated rings. The van der Waals surface area contributed by atoms with E-state index in [2.05, 4.69) is 24.8 Å².